The number of carbonyl (C=O) groups is 1. The number of amides is 1. The van der Waals surface area contributed by atoms with E-state index >= 15 is 0 Å². The highest BCUT2D eigenvalue weighted by Gasteiger charge is 2.42. The molecule has 3 rings (SSSR count). The number of nitrogens with zero attached hydrogens (tertiary/aromatic N) is 2. The molecule has 1 saturated carbocycles. The molecule has 2 aliphatic rings. The molecule has 1 amide bonds. The number of methoxy groups -OCH3 is 1. The summed E-state index contributed by atoms with van der Waals surface area (Å²) >= 11 is 0. The molecule has 0 unspecified atom stereocenters. The smallest absolute Gasteiger partial charge is 0.314 e. The van der Waals surface area contributed by atoms with E-state index in [0.29, 0.717) is 12.2 Å². The highest BCUT2D eigenvalue weighted by atomic mass is 32.2. The number of nitro benzene ring substituents is 1. The number of carbonyl (C=O) groups excluding carboxylic acids is 1. The standard InChI is InChI=1S/C16H20N2O7S/c1-24-13-4-5-15(14(8-13)18(20)21)25-9-16(19)17(11-2-3-11)12-6-7-26(22,23)10-12/h4-5,8,11-12H,2-3,6-7,9-10H2,1H3/t12-/m0/s1. The van der Waals surface area contributed by atoms with Crippen molar-refractivity contribution >= 4 is 21.4 Å². The van der Waals surface area contributed by atoms with Gasteiger partial charge in [0.1, 0.15) is 5.75 Å². The zero-order chi connectivity index (χ0) is 18.9. The first kappa shape index (κ1) is 18.4. The molecule has 1 aromatic rings. The Kier molecular flexibility index (Phi) is 5.03. The lowest BCUT2D eigenvalue weighted by Crippen LogP contribution is -2.45. The van der Waals surface area contributed by atoms with Crippen molar-refractivity contribution in [2.75, 3.05) is 25.2 Å². The summed E-state index contributed by atoms with van der Waals surface area (Å²) in [5, 5.41) is 11.2. The second-order valence-electron chi connectivity index (χ2n) is 6.47. The Labute approximate surface area is 150 Å². The van der Waals surface area contributed by atoms with Crippen molar-refractivity contribution < 1.29 is 27.6 Å². The van der Waals surface area contributed by atoms with E-state index in [1.165, 1.54) is 25.3 Å². The van der Waals surface area contributed by atoms with Crippen molar-refractivity contribution in [1.82, 2.24) is 4.90 Å². The lowest BCUT2D eigenvalue weighted by Gasteiger charge is -2.28. The molecule has 0 aromatic heterocycles. The highest BCUT2D eigenvalue weighted by Crippen LogP contribution is 2.34. The number of rotatable bonds is 7. The van der Waals surface area contributed by atoms with E-state index in [0.717, 1.165) is 12.8 Å². The lowest BCUT2D eigenvalue weighted by atomic mass is 10.2. The third-order valence-electron chi connectivity index (χ3n) is 4.54. The van der Waals surface area contributed by atoms with Gasteiger partial charge in [0.2, 0.25) is 0 Å². The molecule has 1 atom stereocenters. The van der Waals surface area contributed by atoms with Gasteiger partial charge in [-0.15, -0.1) is 0 Å². The van der Waals surface area contributed by atoms with Crippen LogP contribution in [-0.4, -0.2) is 61.5 Å². The Hall–Kier alpha value is -2.36. The average molecular weight is 384 g/mol. The van der Waals surface area contributed by atoms with Gasteiger partial charge in [-0.05, 0) is 31.4 Å². The summed E-state index contributed by atoms with van der Waals surface area (Å²) in [6.07, 6.45) is 2.10. The van der Waals surface area contributed by atoms with E-state index in [1.807, 2.05) is 0 Å². The molecule has 142 valence electrons. The van der Waals surface area contributed by atoms with Gasteiger partial charge in [-0.25, -0.2) is 8.42 Å². The van der Waals surface area contributed by atoms with Crippen LogP contribution in [0.5, 0.6) is 11.5 Å². The van der Waals surface area contributed by atoms with Crippen molar-refractivity contribution in [2.45, 2.75) is 31.3 Å². The van der Waals surface area contributed by atoms with Crippen LogP contribution in [0.1, 0.15) is 19.3 Å². The summed E-state index contributed by atoms with van der Waals surface area (Å²) in [5.41, 5.74) is -0.293. The van der Waals surface area contributed by atoms with Crippen LogP contribution in [0.3, 0.4) is 0 Å². The molecule has 9 nitrogen and oxygen atoms in total. The van der Waals surface area contributed by atoms with Crippen molar-refractivity contribution in [1.29, 1.82) is 0 Å². The van der Waals surface area contributed by atoms with E-state index in [4.69, 9.17) is 9.47 Å². The molecule has 1 aliphatic heterocycles. The number of benzene rings is 1. The minimum atomic E-state index is -3.11. The summed E-state index contributed by atoms with van der Waals surface area (Å²) in [6.45, 7) is -0.375. The second-order valence-corrected chi connectivity index (χ2v) is 8.70. The maximum atomic E-state index is 12.6. The Morgan fingerprint density at radius 3 is 2.58 bits per heavy atom. The molecule has 1 saturated heterocycles. The minimum Gasteiger partial charge on any atom is -0.496 e. The van der Waals surface area contributed by atoms with Crippen molar-refractivity contribution in [3.05, 3.63) is 28.3 Å². The van der Waals surface area contributed by atoms with Gasteiger partial charge < -0.3 is 14.4 Å². The fourth-order valence-corrected chi connectivity index (χ4v) is 4.87. The topological polar surface area (TPSA) is 116 Å². The maximum Gasteiger partial charge on any atom is 0.314 e. The summed E-state index contributed by atoms with van der Waals surface area (Å²) in [6, 6.07) is 3.81. The van der Waals surface area contributed by atoms with Gasteiger partial charge in [-0.2, -0.15) is 0 Å². The predicted molar refractivity (Wildman–Crippen MR) is 92.1 cm³/mol. The minimum absolute atomic E-state index is 0.0288. The average Bonchev–Trinajstić information content (AvgIpc) is 3.36. The van der Waals surface area contributed by atoms with Gasteiger partial charge in [0.25, 0.3) is 5.91 Å². The van der Waals surface area contributed by atoms with Crippen LogP contribution >= 0.6 is 0 Å². The molecule has 0 spiro atoms. The van der Waals surface area contributed by atoms with Crippen LogP contribution in [0.25, 0.3) is 0 Å². The van der Waals surface area contributed by atoms with Crippen LogP contribution in [0.4, 0.5) is 5.69 Å². The Balaban J connectivity index is 1.70. The van der Waals surface area contributed by atoms with Gasteiger partial charge in [-0.3, -0.25) is 14.9 Å². The van der Waals surface area contributed by atoms with E-state index in [9.17, 15) is 23.3 Å². The first-order valence-corrected chi connectivity index (χ1v) is 10.1. The third-order valence-corrected chi connectivity index (χ3v) is 6.29. The van der Waals surface area contributed by atoms with Crippen molar-refractivity contribution in [3.8, 4) is 11.5 Å². The Morgan fingerprint density at radius 1 is 1.31 bits per heavy atom. The summed E-state index contributed by atoms with van der Waals surface area (Å²) in [7, 11) is -1.72. The van der Waals surface area contributed by atoms with E-state index < -0.39 is 14.8 Å². The fourth-order valence-electron chi connectivity index (χ4n) is 3.16. The number of hydrogen-bond donors (Lipinski definition) is 0. The Bertz CT molecular complexity index is 820. The summed E-state index contributed by atoms with van der Waals surface area (Å²) in [4.78, 5) is 24.8. The monoisotopic (exact) mass is 384 g/mol. The van der Waals surface area contributed by atoms with Gasteiger partial charge in [0, 0.05) is 12.1 Å². The number of sulfone groups is 1. The molecule has 0 N–H and O–H groups in total. The molecule has 1 aromatic carbocycles. The number of ether oxygens (including phenoxy) is 2. The first-order valence-electron chi connectivity index (χ1n) is 8.27. The second kappa shape index (κ2) is 7.10. The first-order chi connectivity index (χ1) is 12.3. The van der Waals surface area contributed by atoms with Crippen LogP contribution in [0.2, 0.25) is 0 Å². The molecular formula is C16H20N2O7S. The summed E-state index contributed by atoms with van der Waals surface area (Å²) < 4.78 is 33.8. The van der Waals surface area contributed by atoms with Crippen LogP contribution in [0, 0.1) is 10.1 Å². The molecule has 10 heteroatoms. The van der Waals surface area contributed by atoms with Crippen LogP contribution < -0.4 is 9.47 Å². The predicted octanol–water partition coefficient (Wildman–Crippen LogP) is 1.16. The van der Waals surface area contributed by atoms with Gasteiger partial charge in [0.15, 0.2) is 22.2 Å². The maximum absolute atomic E-state index is 12.6. The van der Waals surface area contributed by atoms with Crippen LogP contribution in [0.15, 0.2) is 18.2 Å². The van der Waals surface area contributed by atoms with E-state index in [2.05, 4.69) is 0 Å². The molecule has 0 radical (unpaired) electrons. The van der Waals surface area contributed by atoms with E-state index in [1.54, 1.807) is 4.90 Å². The van der Waals surface area contributed by atoms with Crippen LogP contribution in [-0.2, 0) is 14.6 Å². The molecule has 26 heavy (non-hydrogen) atoms. The highest BCUT2D eigenvalue weighted by molar-refractivity contribution is 7.91. The fraction of sp³-hybridized carbons (Fsp3) is 0.562. The van der Waals surface area contributed by atoms with Gasteiger partial charge in [0.05, 0.1) is 29.6 Å². The molecule has 1 aliphatic carbocycles. The van der Waals surface area contributed by atoms with Crippen molar-refractivity contribution in [3.63, 3.8) is 0 Å². The quantitative estimate of drug-likeness (QED) is 0.511. The largest absolute Gasteiger partial charge is 0.496 e. The zero-order valence-corrected chi connectivity index (χ0v) is 15.1. The number of hydrogen-bond acceptors (Lipinski definition) is 7. The molecule has 2 fully saturated rings. The van der Waals surface area contributed by atoms with Crippen molar-refractivity contribution in [2.24, 2.45) is 0 Å². The third kappa shape index (κ3) is 4.06. The molecule has 0 bridgehead atoms. The van der Waals surface area contributed by atoms with Gasteiger partial charge >= 0.3 is 5.69 Å². The SMILES string of the molecule is COc1ccc(OCC(=O)N(C2CC2)[C@H]2CCS(=O)(=O)C2)c([N+](=O)[O-])c1. The normalized spacial score (nSPS) is 21.2. The molecular weight excluding hydrogens is 364 g/mol. The Morgan fingerprint density at radius 2 is 2.04 bits per heavy atom. The molecule has 1 heterocycles. The van der Waals surface area contributed by atoms with E-state index in [-0.39, 0.29) is 47.5 Å². The summed E-state index contributed by atoms with van der Waals surface area (Å²) in [5.74, 6) is -0.0125. The lowest BCUT2D eigenvalue weighted by molar-refractivity contribution is -0.385. The number of nitro groups is 1. The zero-order valence-electron chi connectivity index (χ0n) is 14.3. The van der Waals surface area contributed by atoms with Gasteiger partial charge in [-0.1, -0.05) is 0 Å².